The Kier molecular flexibility index (Phi) is 6.74. The molecule has 0 saturated carbocycles. The van der Waals surface area contributed by atoms with Crippen LogP contribution in [0.1, 0.15) is 18.4 Å². The van der Waals surface area contributed by atoms with E-state index >= 15 is 0 Å². The minimum Gasteiger partial charge on any atom is -0.465 e. The number of carbonyl (C=O) groups is 1. The summed E-state index contributed by atoms with van der Waals surface area (Å²) < 4.78 is 5.08. The molecule has 1 atom stereocenters. The molecule has 2 N–H and O–H groups in total. The van der Waals surface area contributed by atoms with E-state index in [0.717, 1.165) is 12.8 Å². The molecule has 0 amide bonds. The smallest absolute Gasteiger partial charge is 0.322 e. The summed E-state index contributed by atoms with van der Waals surface area (Å²) in [5.74, 6) is 0.271. The number of ether oxygens (including phenoxy) is 1. The van der Waals surface area contributed by atoms with E-state index in [1.807, 2.05) is 18.2 Å². The Morgan fingerprint density at radius 1 is 1.35 bits per heavy atom. The van der Waals surface area contributed by atoms with Crippen molar-refractivity contribution in [1.82, 2.24) is 0 Å². The van der Waals surface area contributed by atoms with Gasteiger partial charge in [0.05, 0.1) is 6.61 Å². The summed E-state index contributed by atoms with van der Waals surface area (Å²) in [6.45, 7) is 0.425. The molecule has 0 fully saturated rings. The van der Waals surface area contributed by atoms with Crippen molar-refractivity contribution in [1.29, 1.82) is 0 Å². The number of hydrogen-bond acceptors (Lipinski definition) is 4. The van der Waals surface area contributed by atoms with Crippen LogP contribution in [0.2, 0.25) is 0 Å². The third kappa shape index (κ3) is 5.75. The van der Waals surface area contributed by atoms with Crippen LogP contribution in [0.3, 0.4) is 0 Å². The Balaban J connectivity index is 2.14. The lowest BCUT2D eigenvalue weighted by Crippen LogP contribution is -2.32. The molecular weight excluding hydrogens is 234 g/mol. The molecular formula is C13H19NO2S. The van der Waals surface area contributed by atoms with Gasteiger partial charge in [0, 0.05) is 0 Å². The van der Waals surface area contributed by atoms with Crippen molar-refractivity contribution in [2.75, 3.05) is 12.4 Å². The molecule has 1 aromatic carbocycles. The summed E-state index contributed by atoms with van der Waals surface area (Å²) in [7, 11) is 0. The second-order valence-electron chi connectivity index (χ2n) is 3.88. The molecule has 0 aliphatic rings. The number of benzene rings is 1. The summed E-state index contributed by atoms with van der Waals surface area (Å²) in [6, 6.07) is 9.58. The number of carbonyl (C=O) groups excluding carboxylic acids is 1. The minimum absolute atomic E-state index is 0.327. The Labute approximate surface area is 108 Å². The molecule has 17 heavy (non-hydrogen) atoms. The fourth-order valence-electron chi connectivity index (χ4n) is 1.46. The van der Waals surface area contributed by atoms with Gasteiger partial charge in [0.1, 0.15) is 6.04 Å². The van der Waals surface area contributed by atoms with E-state index < -0.39 is 6.04 Å². The van der Waals surface area contributed by atoms with Crippen LogP contribution in [0.5, 0.6) is 0 Å². The van der Waals surface area contributed by atoms with Crippen molar-refractivity contribution < 1.29 is 9.53 Å². The zero-order chi connectivity index (χ0) is 12.5. The monoisotopic (exact) mass is 253 g/mol. The lowest BCUT2D eigenvalue weighted by molar-refractivity contribution is -0.145. The summed E-state index contributed by atoms with van der Waals surface area (Å²) in [5.41, 5.74) is 6.85. The Hall–Kier alpha value is -1.00. The number of aryl methyl sites for hydroxylation is 1. The SMILES string of the molecule is NC(CCS)C(=O)OCCCc1ccccc1. The zero-order valence-electron chi connectivity index (χ0n) is 9.84. The Bertz CT molecular complexity index is 329. The predicted molar refractivity (Wildman–Crippen MR) is 72.2 cm³/mol. The minimum atomic E-state index is -0.538. The number of hydrogen-bond donors (Lipinski definition) is 2. The number of rotatable bonds is 7. The molecule has 0 bridgehead atoms. The fourth-order valence-corrected chi connectivity index (χ4v) is 1.74. The van der Waals surface area contributed by atoms with Crippen molar-refractivity contribution >= 4 is 18.6 Å². The second kappa shape index (κ2) is 8.14. The topological polar surface area (TPSA) is 52.3 Å². The van der Waals surface area contributed by atoms with Crippen molar-refractivity contribution in [3.05, 3.63) is 35.9 Å². The molecule has 0 aliphatic heterocycles. The first-order valence-electron chi connectivity index (χ1n) is 5.81. The van der Waals surface area contributed by atoms with E-state index in [4.69, 9.17) is 10.5 Å². The number of esters is 1. The fraction of sp³-hybridized carbons (Fsp3) is 0.462. The maximum Gasteiger partial charge on any atom is 0.322 e. The van der Waals surface area contributed by atoms with Gasteiger partial charge in [0.15, 0.2) is 0 Å². The van der Waals surface area contributed by atoms with Crippen LogP contribution in [0, 0.1) is 0 Å². The predicted octanol–water partition coefficient (Wildman–Crippen LogP) is 1.81. The van der Waals surface area contributed by atoms with E-state index in [1.165, 1.54) is 5.56 Å². The quantitative estimate of drug-likeness (QED) is 0.443. The highest BCUT2D eigenvalue weighted by molar-refractivity contribution is 7.80. The molecule has 1 rings (SSSR count). The first-order valence-corrected chi connectivity index (χ1v) is 6.44. The third-order valence-corrected chi connectivity index (χ3v) is 2.70. The van der Waals surface area contributed by atoms with Gasteiger partial charge < -0.3 is 10.5 Å². The first-order chi connectivity index (χ1) is 8.24. The van der Waals surface area contributed by atoms with Crippen LogP contribution in [0.25, 0.3) is 0 Å². The molecule has 0 heterocycles. The lowest BCUT2D eigenvalue weighted by Gasteiger charge is -2.10. The Morgan fingerprint density at radius 3 is 2.71 bits per heavy atom. The van der Waals surface area contributed by atoms with Crippen LogP contribution in [0.4, 0.5) is 0 Å². The van der Waals surface area contributed by atoms with Gasteiger partial charge in [0.2, 0.25) is 0 Å². The number of thiol groups is 1. The van der Waals surface area contributed by atoms with Gasteiger partial charge in [-0.15, -0.1) is 0 Å². The average Bonchev–Trinajstić information content (AvgIpc) is 2.36. The Morgan fingerprint density at radius 2 is 2.06 bits per heavy atom. The van der Waals surface area contributed by atoms with Gasteiger partial charge in [-0.2, -0.15) is 12.6 Å². The largest absolute Gasteiger partial charge is 0.465 e. The summed E-state index contributed by atoms with van der Waals surface area (Å²) in [6.07, 6.45) is 2.29. The summed E-state index contributed by atoms with van der Waals surface area (Å²) in [5, 5.41) is 0. The standard InChI is InChI=1S/C13H19NO2S/c14-12(8-10-17)13(15)16-9-4-7-11-5-2-1-3-6-11/h1-3,5-6,12,17H,4,7-10,14H2. The third-order valence-electron chi connectivity index (χ3n) is 2.44. The van der Waals surface area contributed by atoms with Crippen LogP contribution in [-0.4, -0.2) is 24.4 Å². The van der Waals surface area contributed by atoms with Gasteiger partial charge in [-0.25, -0.2) is 0 Å². The highest BCUT2D eigenvalue weighted by Gasteiger charge is 2.13. The van der Waals surface area contributed by atoms with Gasteiger partial charge >= 0.3 is 5.97 Å². The lowest BCUT2D eigenvalue weighted by atomic mass is 10.1. The normalized spacial score (nSPS) is 12.1. The van der Waals surface area contributed by atoms with Gasteiger partial charge in [-0.3, -0.25) is 4.79 Å². The summed E-state index contributed by atoms with van der Waals surface area (Å²) in [4.78, 5) is 11.4. The van der Waals surface area contributed by atoms with Crippen LogP contribution in [-0.2, 0) is 16.0 Å². The molecule has 1 aromatic rings. The van der Waals surface area contributed by atoms with E-state index in [9.17, 15) is 4.79 Å². The molecule has 3 nitrogen and oxygen atoms in total. The van der Waals surface area contributed by atoms with Crippen LogP contribution >= 0.6 is 12.6 Å². The van der Waals surface area contributed by atoms with Gasteiger partial charge in [-0.1, -0.05) is 30.3 Å². The van der Waals surface area contributed by atoms with Crippen LogP contribution in [0.15, 0.2) is 30.3 Å². The molecule has 0 aliphatic carbocycles. The van der Waals surface area contributed by atoms with Crippen molar-refractivity contribution in [3.63, 3.8) is 0 Å². The molecule has 94 valence electrons. The maximum atomic E-state index is 11.4. The van der Waals surface area contributed by atoms with E-state index in [1.54, 1.807) is 0 Å². The van der Waals surface area contributed by atoms with Crippen molar-refractivity contribution in [2.24, 2.45) is 5.73 Å². The highest BCUT2D eigenvalue weighted by atomic mass is 32.1. The zero-order valence-corrected chi connectivity index (χ0v) is 10.7. The highest BCUT2D eigenvalue weighted by Crippen LogP contribution is 2.03. The molecule has 0 saturated heterocycles. The molecule has 1 unspecified atom stereocenters. The first kappa shape index (κ1) is 14.1. The number of nitrogens with two attached hydrogens (primary N) is 1. The average molecular weight is 253 g/mol. The van der Waals surface area contributed by atoms with E-state index in [0.29, 0.717) is 18.8 Å². The van der Waals surface area contributed by atoms with E-state index in [2.05, 4.69) is 24.8 Å². The molecule has 4 heteroatoms. The maximum absolute atomic E-state index is 11.4. The molecule has 0 spiro atoms. The van der Waals surface area contributed by atoms with Gasteiger partial charge in [-0.05, 0) is 30.6 Å². The van der Waals surface area contributed by atoms with Crippen molar-refractivity contribution in [3.8, 4) is 0 Å². The second-order valence-corrected chi connectivity index (χ2v) is 4.32. The summed E-state index contributed by atoms with van der Waals surface area (Å²) >= 11 is 4.02. The van der Waals surface area contributed by atoms with Gasteiger partial charge in [0.25, 0.3) is 0 Å². The molecule has 0 aromatic heterocycles. The van der Waals surface area contributed by atoms with Crippen LogP contribution < -0.4 is 5.73 Å². The van der Waals surface area contributed by atoms with Crippen molar-refractivity contribution in [2.45, 2.75) is 25.3 Å². The molecule has 0 radical (unpaired) electrons. The van der Waals surface area contributed by atoms with E-state index in [-0.39, 0.29) is 5.97 Å².